The van der Waals surface area contributed by atoms with E-state index in [1.807, 2.05) is 24.3 Å². The highest BCUT2D eigenvalue weighted by molar-refractivity contribution is 5.46. The van der Waals surface area contributed by atoms with E-state index < -0.39 is 0 Å². The quantitative estimate of drug-likeness (QED) is 0.861. The van der Waals surface area contributed by atoms with Gasteiger partial charge in [-0.2, -0.15) is 0 Å². The molecule has 1 N–H and O–H groups in total. The molecule has 0 unspecified atom stereocenters. The van der Waals surface area contributed by atoms with Gasteiger partial charge in [-0.25, -0.2) is 0 Å². The third-order valence-corrected chi connectivity index (χ3v) is 3.01. The maximum atomic E-state index is 8.76. The second-order valence-electron chi connectivity index (χ2n) is 4.41. The molecular weight excluding hydrogens is 248 g/mol. The van der Waals surface area contributed by atoms with Crippen molar-refractivity contribution in [2.45, 2.75) is 20.0 Å². The maximum Gasteiger partial charge on any atom is 0.135 e. The van der Waals surface area contributed by atoms with Crippen LogP contribution in [0.15, 0.2) is 48.5 Å². The van der Waals surface area contributed by atoms with Crippen molar-refractivity contribution in [3.8, 4) is 17.6 Å². The molecule has 2 aromatic carbocycles. The molecule has 0 bridgehead atoms. The van der Waals surface area contributed by atoms with Gasteiger partial charge in [0.1, 0.15) is 19.0 Å². The Morgan fingerprint density at radius 1 is 1.00 bits per heavy atom. The van der Waals surface area contributed by atoms with Crippen LogP contribution in [-0.2, 0) is 13.0 Å². The van der Waals surface area contributed by atoms with E-state index in [4.69, 9.17) is 9.84 Å². The predicted octanol–water partition coefficient (Wildman–Crippen LogP) is 3.17. The second-order valence-corrected chi connectivity index (χ2v) is 4.41. The monoisotopic (exact) mass is 266 g/mol. The average Bonchev–Trinajstić information content (AvgIpc) is 2.52. The van der Waals surface area contributed by atoms with Gasteiger partial charge in [-0.05, 0) is 29.7 Å². The van der Waals surface area contributed by atoms with Crippen molar-refractivity contribution in [2.24, 2.45) is 0 Å². The van der Waals surface area contributed by atoms with E-state index in [0.29, 0.717) is 6.61 Å². The van der Waals surface area contributed by atoms with Crippen LogP contribution in [0.2, 0.25) is 0 Å². The zero-order valence-corrected chi connectivity index (χ0v) is 11.6. The van der Waals surface area contributed by atoms with Gasteiger partial charge in [-0.3, -0.25) is 0 Å². The standard InChI is InChI=1S/C18H18O2/c1-2-15-9-11-16(12-10-15)14-20-18-8-4-3-6-17(18)7-5-13-19/h3-4,6,8-12,19H,2,13-14H2,1H3. The Bertz CT molecular complexity index is 603. The molecule has 0 aliphatic carbocycles. The largest absolute Gasteiger partial charge is 0.488 e. The summed E-state index contributed by atoms with van der Waals surface area (Å²) >= 11 is 0. The Labute approximate surface area is 120 Å². The normalized spacial score (nSPS) is 9.70. The summed E-state index contributed by atoms with van der Waals surface area (Å²) in [4.78, 5) is 0. The fourth-order valence-electron chi connectivity index (χ4n) is 1.86. The van der Waals surface area contributed by atoms with Gasteiger partial charge in [-0.15, -0.1) is 0 Å². The number of rotatable bonds is 4. The summed E-state index contributed by atoms with van der Waals surface area (Å²) in [6, 6.07) is 16.0. The molecule has 0 amide bonds. The predicted molar refractivity (Wildman–Crippen MR) is 80.6 cm³/mol. The summed E-state index contributed by atoms with van der Waals surface area (Å²) in [6.45, 7) is 2.51. The molecule has 0 saturated carbocycles. The number of benzene rings is 2. The van der Waals surface area contributed by atoms with Gasteiger partial charge in [0.15, 0.2) is 0 Å². The van der Waals surface area contributed by atoms with E-state index in [1.54, 1.807) is 0 Å². The van der Waals surface area contributed by atoms with Gasteiger partial charge in [0, 0.05) is 0 Å². The molecule has 0 aliphatic rings. The molecular formula is C18H18O2. The highest BCUT2D eigenvalue weighted by Gasteiger charge is 2.01. The first-order chi connectivity index (χ1) is 9.83. The number of hydrogen-bond donors (Lipinski definition) is 1. The molecule has 2 aromatic rings. The maximum absolute atomic E-state index is 8.76. The average molecular weight is 266 g/mol. The highest BCUT2D eigenvalue weighted by atomic mass is 16.5. The van der Waals surface area contributed by atoms with Crippen molar-refractivity contribution >= 4 is 0 Å². The minimum atomic E-state index is -0.146. The third-order valence-electron chi connectivity index (χ3n) is 3.01. The molecule has 0 aromatic heterocycles. The van der Waals surface area contributed by atoms with Crippen molar-refractivity contribution in [3.05, 3.63) is 65.2 Å². The molecule has 2 rings (SSSR count). The Balaban J connectivity index is 2.06. The number of aryl methyl sites for hydroxylation is 1. The Hall–Kier alpha value is -2.24. The summed E-state index contributed by atoms with van der Waals surface area (Å²) in [6.07, 6.45) is 1.04. The van der Waals surface area contributed by atoms with Crippen LogP contribution in [-0.4, -0.2) is 11.7 Å². The lowest BCUT2D eigenvalue weighted by atomic mass is 10.1. The van der Waals surface area contributed by atoms with Crippen molar-refractivity contribution in [1.29, 1.82) is 0 Å². The summed E-state index contributed by atoms with van der Waals surface area (Å²) in [7, 11) is 0. The van der Waals surface area contributed by atoms with E-state index in [-0.39, 0.29) is 6.61 Å². The van der Waals surface area contributed by atoms with Gasteiger partial charge in [0.05, 0.1) is 5.56 Å². The molecule has 2 nitrogen and oxygen atoms in total. The molecule has 0 aliphatic heterocycles. The molecule has 0 spiro atoms. The van der Waals surface area contributed by atoms with Crippen LogP contribution in [0.25, 0.3) is 0 Å². The van der Waals surface area contributed by atoms with Crippen molar-refractivity contribution in [1.82, 2.24) is 0 Å². The second kappa shape index (κ2) is 7.37. The van der Waals surface area contributed by atoms with Gasteiger partial charge in [0.2, 0.25) is 0 Å². The van der Waals surface area contributed by atoms with Crippen molar-refractivity contribution in [2.75, 3.05) is 6.61 Å². The number of aliphatic hydroxyl groups excluding tert-OH is 1. The summed E-state index contributed by atoms with van der Waals surface area (Å²) in [5, 5.41) is 8.76. The summed E-state index contributed by atoms with van der Waals surface area (Å²) in [5.41, 5.74) is 3.25. The number of ether oxygens (including phenoxy) is 1. The summed E-state index contributed by atoms with van der Waals surface area (Å²) < 4.78 is 5.81. The van der Waals surface area contributed by atoms with Crippen LogP contribution in [0.3, 0.4) is 0 Å². The van der Waals surface area contributed by atoms with E-state index in [1.165, 1.54) is 5.56 Å². The van der Waals surface area contributed by atoms with Gasteiger partial charge >= 0.3 is 0 Å². The van der Waals surface area contributed by atoms with Crippen LogP contribution in [0.5, 0.6) is 5.75 Å². The topological polar surface area (TPSA) is 29.5 Å². The van der Waals surface area contributed by atoms with Gasteiger partial charge in [-0.1, -0.05) is 55.2 Å². The highest BCUT2D eigenvalue weighted by Crippen LogP contribution is 2.18. The summed E-state index contributed by atoms with van der Waals surface area (Å²) in [5.74, 6) is 6.28. The van der Waals surface area contributed by atoms with E-state index in [0.717, 1.165) is 23.3 Å². The van der Waals surface area contributed by atoms with Crippen LogP contribution < -0.4 is 4.74 Å². The third kappa shape index (κ3) is 3.88. The molecule has 0 radical (unpaired) electrons. The zero-order chi connectivity index (χ0) is 14.2. The molecule has 0 atom stereocenters. The van der Waals surface area contributed by atoms with Crippen molar-refractivity contribution < 1.29 is 9.84 Å². The first-order valence-electron chi connectivity index (χ1n) is 6.73. The minimum Gasteiger partial charge on any atom is -0.488 e. The van der Waals surface area contributed by atoms with Crippen LogP contribution in [0.4, 0.5) is 0 Å². The number of aliphatic hydroxyl groups is 1. The molecule has 2 heteroatoms. The molecule has 0 fully saturated rings. The number of para-hydroxylation sites is 1. The smallest absolute Gasteiger partial charge is 0.135 e. The minimum absolute atomic E-state index is 0.146. The van der Waals surface area contributed by atoms with E-state index in [2.05, 4.69) is 43.0 Å². The first-order valence-corrected chi connectivity index (χ1v) is 6.73. The molecule has 0 saturated heterocycles. The van der Waals surface area contributed by atoms with Gasteiger partial charge in [0.25, 0.3) is 0 Å². The van der Waals surface area contributed by atoms with Crippen LogP contribution in [0, 0.1) is 11.8 Å². The van der Waals surface area contributed by atoms with Crippen LogP contribution in [0.1, 0.15) is 23.6 Å². The fourth-order valence-corrected chi connectivity index (χ4v) is 1.86. The van der Waals surface area contributed by atoms with E-state index >= 15 is 0 Å². The molecule has 0 heterocycles. The molecule has 102 valence electrons. The Morgan fingerprint density at radius 3 is 2.40 bits per heavy atom. The van der Waals surface area contributed by atoms with Crippen molar-refractivity contribution in [3.63, 3.8) is 0 Å². The lowest BCUT2D eigenvalue weighted by Crippen LogP contribution is -1.97. The lowest BCUT2D eigenvalue weighted by molar-refractivity contribution is 0.305. The lowest BCUT2D eigenvalue weighted by Gasteiger charge is -2.08. The van der Waals surface area contributed by atoms with Gasteiger partial charge < -0.3 is 9.84 Å². The van der Waals surface area contributed by atoms with Crippen LogP contribution >= 0.6 is 0 Å². The number of hydrogen-bond acceptors (Lipinski definition) is 2. The molecule has 20 heavy (non-hydrogen) atoms. The fraction of sp³-hybridized carbons (Fsp3) is 0.222. The first kappa shape index (κ1) is 14.2. The Kier molecular flexibility index (Phi) is 5.23. The Morgan fingerprint density at radius 2 is 1.70 bits per heavy atom. The zero-order valence-electron chi connectivity index (χ0n) is 11.6. The van der Waals surface area contributed by atoms with E-state index in [9.17, 15) is 0 Å². The SMILES string of the molecule is CCc1ccc(COc2ccccc2C#CCO)cc1.